The first-order valence-electron chi connectivity index (χ1n) is 11.8. The summed E-state index contributed by atoms with van der Waals surface area (Å²) in [6.07, 6.45) is 6.05. The molecule has 6 heteroatoms. The molecule has 34 heavy (non-hydrogen) atoms. The molecule has 4 N–H and O–H groups in total. The van der Waals surface area contributed by atoms with Crippen LogP contribution in [0.3, 0.4) is 0 Å². The van der Waals surface area contributed by atoms with Gasteiger partial charge in [-0.2, -0.15) is 0 Å². The normalized spacial score (nSPS) is 14.3. The Labute approximate surface area is 204 Å². The topological polar surface area (TPSA) is 77.2 Å². The molecule has 0 bridgehead atoms. The van der Waals surface area contributed by atoms with Crippen LogP contribution in [0, 0.1) is 0 Å². The number of fused-ring (bicyclic) bond motifs is 1. The minimum Gasteiger partial charge on any atom is -0.361 e. The van der Waals surface area contributed by atoms with Gasteiger partial charge in [-0.3, -0.25) is 4.79 Å². The van der Waals surface area contributed by atoms with Crippen LogP contribution < -0.4 is 10.6 Å². The number of carbonyl (C=O) groups excluding carboxylic acids is 1. The molecule has 1 aliphatic rings. The summed E-state index contributed by atoms with van der Waals surface area (Å²) in [5.41, 5.74) is 4.66. The second-order valence-electron chi connectivity index (χ2n) is 8.89. The molecule has 0 saturated heterocycles. The zero-order chi connectivity index (χ0) is 23.3. The highest BCUT2D eigenvalue weighted by Gasteiger charge is 2.22. The highest BCUT2D eigenvalue weighted by Crippen LogP contribution is 2.35. The number of hydrogen-bond acceptors (Lipinski definition) is 4. The first-order valence-corrected chi connectivity index (χ1v) is 12.6. The van der Waals surface area contributed by atoms with Crippen molar-refractivity contribution in [2.75, 3.05) is 6.54 Å². The summed E-state index contributed by atoms with van der Waals surface area (Å²) >= 11 is 0.736. The molecule has 3 aromatic carbocycles. The van der Waals surface area contributed by atoms with Crippen molar-refractivity contribution < 1.29 is 9.35 Å². The van der Waals surface area contributed by atoms with Crippen LogP contribution >= 0.6 is 12.0 Å². The van der Waals surface area contributed by atoms with Gasteiger partial charge in [0.15, 0.2) is 0 Å². The Morgan fingerprint density at radius 2 is 1.79 bits per heavy atom. The lowest BCUT2D eigenvalue weighted by atomic mass is 9.98. The van der Waals surface area contributed by atoms with Gasteiger partial charge < -0.3 is 20.2 Å². The number of hydrogen-bond donors (Lipinski definition) is 4. The van der Waals surface area contributed by atoms with Gasteiger partial charge >= 0.3 is 0 Å². The van der Waals surface area contributed by atoms with E-state index < -0.39 is 0 Å². The second-order valence-corrected chi connectivity index (χ2v) is 9.51. The van der Waals surface area contributed by atoms with Crippen LogP contribution in [0.2, 0.25) is 0 Å². The zero-order valence-electron chi connectivity index (χ0n) is 19.0. The zero-order valence-corrected chi connectivity index (χ0v) is 19.8. The van der Waals surface area contributed by atoms with E-state index in [2.05, 4.69) is 27.8 Å². The lowest BCUT2D eigenvalue weighted by Gasteiger charge is -2.20. The molecule has 1 aliphatic carbocycles. The second kappa shape index (κ2) is 10.5. The van der Waals surface area contributed by atoms with Gasteiger partial charge in [0, 0.05) is 51.7 Å². The minimum absolute atomic E-state index is 0.0429. The third kappa shape index (κ3) is 5.20. The van der Waals surface area contributed by atoms with Crippen LogP contribution in [0.25, 0.3) is 22.0 Å². The summed E-state index contributed by atoms with van der Waals surface area (Å²) < 4.78 is 9.71. The van der Waals surface area contributed by atoms with Crippen molar-refractivity contribution in [1.29, 1.82) is 0 Å². The van der Waals surface area contributed by atoms with Gasteiger partial charge in [0.1, 0.15) is 0 Å². The van der Waals surface area contributed by atoms with Gasteiger partial charge in [-0.15, -0.1) is 0 Å². The van der Waals surface area contributed by atoms with Crippen LogP contribution in [0.4, 0.5) is 0 Å². The number of rotatable bonds is 10. The van der Waals surface area contributed by atoms with E-state index >= 15 is 0 Å². The van der Waals surface area contributed by atoms with Crippen molar-refractivity contribution in [3.05, 3.63) is 90.1 Å². The predicted molar refractivity (Wildman–Crippen MR) is 139 cm³/mol. The van der Waals surface area contributed by atoms with E-state index in [9.17, 15) is 9.35 Å². The number of benzene rings is 3. The average molecular weight is 472 g/mol. The summed E-state index contributed by atoms with van der Waals surface area (Å²) in [4.78, 5) is 17.5. The van der Waals surface area contributed by atoms with Crippen molar-refractivity contribution >= 4 is 28.9 Å². The SMILES string of the molecule is O=C(NC(CCNC1CC1)Cc1ccccc1)c1ccc(-c2ccccc2SO)c2[nH]ccc12. The third-order valence-corrected chi connectivity index (χ3v) is 6.96. The molecule has 0 spiro atoms. The fourth-order valence-corrected chi connectivity index (χ4v) is 4.90. The predicted octanol–water partition coefficient (Wildman–Crippen LogP) is 5.88. The molecule has 1 heterocycles. The van der Waals surface area contributed by atoms with E-state index in [0.717, 1.165) is 58.4 Å². The maximum Gasteiger partial charge on any atom is 0.252 e. The quantitative estimate of drug-likeness (QED) is 0.218. The average Bonchev–Trinajstić information content (AvgIpc) is 3.56. The van der Waals surface area contributed by atoms with Gasteiger partial charge in [0.05, 0.1) is 5.52 Å². The van der Waals surface area contributed by atoms with Crippen molar-refractivity contribution in [2.24, 2.45) is 0 Å². The molecular weight excluding hydrogens is 442 g/mol. The molecule has 0 aliphatic heterocycles. The molecule has 4 aromatic rings. The first kappa shape index (κ1) is 22.7. The van der Waals surface area contributed by atoms with E-state index in [-0.39, 0.29) is 11.9 Å². The van der Waals surface area contributed by atoms with Crippen molar-refractivity contribution in [2.45, 2.75) is 42.7 Å². The summed E-state index contributed by atoms with van der Waals surface area (Å²) in [7, 11) is 0. The summed E-state index contributed by atoms with van der Waals surface area (Å²) in [5.74, 6) is -0.0617. The van der Waals surface area contributed by atoms with E-state index in [4.69, 9.17) is 0 Å². The molecule has 1 amide bonds. The smallest absolute Gasteiger partial charge is 0.252 e. The molecule has 5 nitrogen and oxygen atoms in total. The summed E-state index contributed by atoms with van der Waals surface area (Å²) in [6, 6.07) is 24.6. The van der Waals surface area contributed by atoms with Gasteiger partial charge in [-0.1, -0.05) is 54.6 Å². The Kier molecular flexibility index (Phi) is 7.00. The largest absolute Gasteiger partial charge is 0.361 e. The van der Waals surface area contributed by atoms with Gasteiger partial charge in [-0.05, 0) is 61.6 Å². The van der Waals surface area contributed by atoms with Gasteiger partial charge in [0.2, 0.25) is 0 Å². The molecule has 1 aromatic heterocycles. The van der Waals surface area contributed by atoms with Crippen molar-refractivity contribution in [3.63, 3.8) is 0 Å². The molecule has 174 valence electrons. The summed E-state index contributed by atoms with van der Waals surface area (Å²) in [5, 5.41) is 7.75. The monoisotopic (exact) mass is 471 g/mol. The molecule has 0 radical (unpaired) electrons. The number of carbonyl (C=O) groups is 1. The van der Waals surface area contributed by atoms with Crippen molar-refractivity contribution in [3.8, 4) is 11.1 Å². The summed E-state index contributed by atoms with van der Waals surface area (Å²) in [6.45, 7) is 0.899. The maximum atomic E-state index is 13.4. The molecule has 1 unspecified atom stereocenters. The number of aromatic nitrogens is 1. The maximum absolute atomic E-state index is 13.4. The first-order chi connectivity index (χ1) is 16.7. The molecule has 1 fully saturated rings. The standard InChI is InChI=1S/C28H29N3O2S/c32-28(31-21(14-16-29-20-10-11-20)18-19-6-2-1-3-7-19)25-13-12-23(27-24(25)15-17-30-27)22-8-4-5-9-26(22)34-33/h1-9,12-13,15,17,20-21,29-30,33H,10-11,14,16,18H2,(H,31,32). The Hall–Kier alpha value is -3.06. The Morgan fingerprint density at radius 1 is 1.00 bits per heavy atom. The van der Waals surface area contributed by atoms with E-state index in [1.54, 1.807) is 0 Å². The fourth-order valence-electron chi connectivity index (χ4n) is 4.48. The third-order valence-electron chi connectivity index (χ3n) is 6.41. The number of H-pyrrole nitrogens is 1. The van der Waals surface area contributed by atoms with E-state index in [1.807, 2.05) is 66.9 Å². The Morgan fingerprint density at radius 3 is 2.59 bits per heavy atom. The number of amides is 1. The molecular formula is C28H29N3O2S. The van der Waals surface area contributed by atoms with Crippen LogP contribution in [0.1, 0.15) is 35.2 Å². The van der Waals surface area contributed by atoms with Crippen LogP contribution in [0.15, 0.2) is 83.9 Å². The van der Waals surface area contributed by atoms with E-state index in [0.29, 0.717) is 11.6 Å². The van der Waals surface area contributed by atoms with Crippen LogP contribution in [-0.2, 0) is 6.42 Å². The van der Waals surface area contributed by atoms with Gasteiger partial charge in [-0.25, -0.2) is 0 Å². The minimum atomic E-state index is -0.0617. The highest BCUT2D eigenvalue weighted by molar-refractivity contribution is 7.93. The van der Waals surface area contributed by atoms with Crippen LogP contribution in [-0.4, -0.2) is 34.1 Å². The molecule has 5 rings (SSSR count). The Bertz CT molecular complexity index is 1270. The van der Waals surface area contributed by atoms with Gasteiger partial charge in [0.25, 0.3) is 5.91 Å². The molecule has 1 saturated carbocycles. The molecule has 1 atom stereocenters. The fraction of sp³-hybridized carbons (Fsp3) is 0.250. The Balaban J connectivity index is 1.39. The van der Waals surface area contributed by atoms with Crippen LogP contribution in [0.5, 0.6) is 0 Å². The lowest BCUT2D eigenvalue weighted by Crippen LogP contribution is -2.39. The van der Waals surface area contributed by atoms with E-state index in [1.165, 1.54) is 18.4 Å². The lowest BCUT2D eigenvalue weighted by molar-refractivity contribution is 0.0936. The highest BCUT2D eigenvalue weighted by atomic mass is 32.2. The van der Waals surface area contributed by atoms with Crippen molar-refractivity contribution in [1.82, 2.24) is 15.6 Å². The number of aromatic amines is 1. The number of nitrogens with one attached hydrogen (secondary N) is 3.